The van der Waals surface area contributed by atoms with Crippen molar-refractivity contribution < 1.29 is 5.11 Å². The quantitative estimate of drug-likeness (QED) is 0.399. The van der Waals surface area contributed by atoms with E-state index in [1.165, 1.54) is 12.8 Å². The molecular formula is C7H17N2O. The van der Waals surface area contributed by atoms with Crippen LogP contribution in [0.3, 0.4) is 0 Å². The van der Waals surface area contributed by atoms with Gasteiger partial charge >= 0.3 is 0 Å². The molecule has 0 fully saturated rings. The minimum atomic E-state index is 0.235. The summed E-state index contributed by atoms with van der Waals surface area (Å²) in [6, 6.07) is 0. The van der Waals surface area contributed by atoms with Crippen LogP contribution in [-0.4, -0.2) is 24.8 Å². The van der Waals surface area contributed by atoms with Crippen molar-refractivity contribution in [3.8, 4) is 0 Å². The predicted octanol–water partition coefficient (Wildman–Crippen LogP) is 0.278. The second-order valence-corrected chi connectivity index (χ2v) is 2.22. The first-order valence-corrected chi connectivity index (χ1v) is 3.92. The van der Waals surface area contributed by atoms with Gasteiger partial charge in [0.05, 0.1) is 0 Å². The van der Waals surface area contributed by atoms with Crippen molar-refractivity contribution in [2.45, 2.75) is 26.2 Å². The van der Waals surface area contributed by atoms with Crippen molar-refractivity contribution in [1.82, 2.24) is 10.9 Å². The molecule has 10 heavy (non-hydrogen) atoms. The number of nitrogens with one attached hydrogen (secondary N) is 1. The fourth-order valence-electron chi connectivity index (χ4n) is 0.564. The van der Waals surface area contributed by atoms with Crippen molar-refractivity contribution in [1.29, 1.82) is 0 Å². The Bertz CT molecular complexity index is 51.6. The second kappa shape index (κ2) is 8.88. The highest BCUT2D eigenvalue weighted by molar-refractivity contribution is 4.41. The second-order valence-electron chi connectivity index (χ2n) is 2.22. The van der Waals surface area contributed by atoms with E-state index in [0.717, 1.165) is 19.5 Å². The van der Waals surface area contributed by atoms with Gasteiger partial charge in [-0.1, -0.05) is 13.3 Å². The molecule has 0 heterocycles. The highest BCUT2D eigenvalue weighted by Gasteiger charge is 1.85. The molecule has 0 saturated carbocycles. The molecule has 0 atom stereocenters. The molecule has 0 rings (SSSR count). The van der Waals surface area contributed by atoms with Crippen LogP contribution >= 0.6 is 0 Å². The van der Waals surface area contributed by atoms with E-state index in [0.29, 0.717) is 0 Å². The lowest BCUT2D eigenvalue weighted by Crippen LogP contribution is -2.26. The molecule has 0 aliphatic carbocycles. The van der Waals surface area contributed by atoms with Crippen LogP contribution in [0.15, 0.2) is 0 Å². The van der Waals surface area contributed by atoms with Crippen LogP contribution < -0.4 is 10.9 Å². The Morgan fingerprint density at radius 3 is 2.80 bits per heavy atom. The summed E-state index contributed by atoms with van der Waals surface area (Å²) in [5.41, 5.74) is 6.92. The molecule has 61 valence electrons. The summed E-state index contributed by atoms with van der Waals surface area (Å²) in [5.74, 6) is 0. The Balaban J connectivity index is 2.65. The Morgan fingerprint density at radius 2 is 2.20 bits per heavy atom. The zero-order valence-corrected chi connectivity index (χ0v) is 6.64. The van der Waals surface area contributed by atoms with Crippen LogP contribution in [0.25, 0.3) is 0 Å². The average molecular weight is 145 g/mol. The maximum absolute atomic E-state index is 8.38. The lowest BCUT2D eigenvalue weighted by Gasteiger charge is -2.00. The van der Waals surface area contributed by atoms with Gasteiger partial charge in [0.2, 0.25) is 0 Å². The Labute approximate surface area is 62.8 Å². The van der Waals surface area contributed by atoms with E-state index in [1.54, 1.807) is 0 Å². The molecule has 0 aromatic heterocycles. The summed E-state index contributed by atoms with van der Waals surface area (Å²) in [4.78, 5) is 0. The van der Waals surface area contributed by atoms with E-state index in [9.17, 15) is 0 Å². The maximum Gasteiger partial charge on any atom is 0.0444 e. The molecule has 0 saturated heterocycles. The van der Waals surface area contributed by atoms with E-state index < -0.39 is 0 Å². The van der Waals surface area contributed by atoms with E-state index in [1.807, 2.05) is 0 Å². The zero-order chi connectivity index (χ0) is 7.66. The van der Waals surface area contributed by atoms with E-state index in [2.05, 4.69) is 17.8 Å². The molecule has 3 heteroatoms. The molecule has 0 aliphatic rings. The number of unbranched alkanes of at least 4 members (excludes halogenated alkanes) is 1. The largest absolute Gasteiger partial charge is 0.396 e. The first-order valence-electron chi connectivity index (χ1n) is 3.92. The fourth-order valence-corrected chi connectivity index (χ4v) is 0.564. The van der Waals surface area contributed by atoms with Gasteiger partial charge < -0.3 is 5.11 Å². The molecular weight excluding hydrogens is 128 g/mol. The number of hydrogen-bond acceptors (Lipinski definition) is 2. The molecule has 0 spiro atoms. The summed E-state index contributed by atoms with van der Waals surface area (Å²) in [5, 5.41) is 8.38. The lowest BCUT2D eigenvalue weighted by molar-refractivity contribution is 0.281. The van der Waals surface area contributed by atoms with E-state index in [-0.39, 0.29) is 6.61 Å². The summed E-state index contributed by atoms with van der Waals surface area (Å²) in [6.45, 7) is 4.07. The van der Waals surface area contributed by atoms with Crippen molar-refractivity contribution in [3.63, 3.8) is 0 Å². The summed E-state index contributed by atoms with van der Waals surface area (Å²) >= 11 is 0. The molecule has 2 N–H and O–H groups in total. The number of aliphatic hydroxyl groups excluding tert-OH is 1. The maximum atomic E-state index is 8.38. The number of hydrogen-bond donors (Lipinski definition) is 2. The van der Waals surface area contributed by atoms with Crippen molar-refractivity contribution >= 4 is 0 Å². The SMILES string of the molecule is CCCCN[N]CCCO. The summed E-state index contributed by atoms with van der Waals surface area (Å²) in [7, 11) is 0. The predicted molar refractivity (Wildman–Crippen MR) is 41.6 cm³/mol. The van der Waals surface area contributed by atoms with Gasteiger partial charge in [-0.3, -0.25) is 0 Å². The molecule has 0 unspecified atom stereocenters. The molecule has 0 aromatic carbocycles. The van der Waals surface area contributed by atoms with E-state index >= 15 is 0 Å². The zero-order valence-electron chi connectivity index (χ0n) is 6.64. The van der Waals surface area contributed by atoms with Gasteiger partial charge in [-0.15, -0.1) is 0 Å². The van der Waals surface area contributed by atoms with Crippen molar-refractivity contribution in [2.24, 2.45) is 0 Å². The third-order valence-corrected chi connectivity index (χ3v) is 1.18. The topological polar surface area (TPSA) is 46.4 Å². The average Bonchev–Trinajstić information content (AvgIpc) is 1.97. The Morgan fingerprint density at radius 1 is 1.40 bits per heavy atom. The Kier molecular flexibility index (Phi) is 8.77. The van der Waals surface area contributed by atoms with Crippen LogP contribution in [-0.2, 0) is 0 Å². The molecule has 0 amide bonds. The first kappa shape index (κ1) is 9.88. The lowest BCUT2D eigenvalue weighted by atomic mass is 10.3. The summed E-state index contributed by atoms with van der Waals surface area (Å²) < 4.78 is 0. The van der Waals surface area contributed by atoms with Gasteiger partial charge in [0.1, 0.15) is 0 Å². The molecule has 3 nitrogen and oxygen atoms in total. The fraction of sp³-hybridized carbons (Fsp3) is 1.00. The highest BCUT2D eigenvalue weighted by atomic mass is 16.3. The van der Waals surface area contributed by atoms with Crippen molar-refractivity contribution in [3.05, 3.63) is 0 Å². The standard InChI is InChI=1S/C7H17N2O/c1-2-3-5-8-9-6-4-7-10/h8,10H,2-7H2,1H3. The third kappa shape index (κ3) is 7.88. The number of rotatable bonds is 7. The summed E-state index contributed by atoms with van der Waals surface area (Å²) in [6.07, 6.45) is 3.13. The van der Waals surface area contributed by atoms with Gasteiger partial charge in [0, 0.05) is 19.7 Å². The van der Waals surface area contributed by atoms with Crippen molar-refractivity contribution in [2.75, 3.05) is 19.7 Å². The van der Waals surface area contributed by atoms with Crippen LogP contribution in [0.4, 0.5) is 0 Å². The molecule has 0 aromatic rings. The van der Waals surface area contributed by atoms with Gasteiger partial charge in [0.15, 0.2) is 0 Å². The highest BCUT2D eigenvalue weighted by Crippen LogP contribution is 1.80. The van der Waals surface area contributed by atoms with Crippen LogP contribution in [0, 0.1) is 0 Å². The van der Waals surface area contributed by atoms with Gasteiger partial charge in [0.25, 0.3) is 0 Å². The third-order valence-electron chi connectivity index (χ3n) is 1.18. The number of aliphatic hydroxyl groups is 1. The molecule has 0 bridgehead atoms. The molecule has 1 radical (unpaired) electrons. The van der Waals surface area contributed by atoms with E-state index in [4.69, 9.17) is 5.11 Å². The van der Waals surface area contributed by atoms with Gasteiger partial charge in [-0.05, 0) is 12.8 Å². The number of nitrogens with zero attached hydrogens (tertiary/aromatic N) is 1. The monoisotopic (exact) mass is 145 g/mol. The van der Waals surface area contributed by atoms with Crippen LogP contribution in [0.2, 0.25) is 0 Å². The molecule has 0 aliphatic heterocycles. The minimum absolute atomic E-state index is 0.235. The smallest absolute Gasteiger partial charge is 0.0444 e. The normalized spacial score (nSPS) is 10.2. The van der Waals surface area contributed by atoms with Crippen LogP contribution in [0.5, 0.6) is 0 Å². The first-order chi connectivity index (χ1) is 4.91. The Hall–Kier alpha value is -0.120. The minimum Gasteiger partial charge on any atom is -0.396 e. The van der Waals surface area contributed by atoms with Crippen LogP contribution in [0.1, 0.15) is 26.2 Å². The van der Waals surface area contributed by atoms with Gasteiger partial charge in [-0.2, -0.15) is 5.43 Å². The van der Waals surface area contributed by atoms with Gasteiger partial charge in [-0.25, -0.2) is 5.43 Å².